The average molecular weight is 477 g/mol. The summed E-state index contributed by atoms with van der Waals surface area (Å²) in [7, 11) is 1.61. The molecule has 0 spiro atoms. The van der Waals surface area contributed by atoms with E-state index in [1.165, 1.54) is 0 Å². The van der Waals surface area contributed by atoms with Gasteiger partial charge >= 0.3 is 5.97 Å². The maximum Gasteiger partial charge on any atom is 0.335 e. The maximum atomic E-state index is 11.1. The number of nitrogen functional groups attached to an aromatic ring is 2. The first-order valence-electron chi connectivity index (χ1n) is 10.7. The number of carboxylic acids is 2. The molecule has 9 heteroatoms. The quantitative estimate of drug-likeness (QED) is 0.401. The zero-order chi connectivity index (χ0) is 26.1. The molecule has 35 heavy (non-hydrogen) atoms. The molecule has 9 nitrogen and oxygen atoms in total. The number of hydrogen-bond donors (Lipinski definition) is 4. The zero-order valence-corrected chi connectivity index (χ0v) is 20.0. The number of aliphatic carboxylic acids is 1. The lowest BCUT2D eigenvalue weighted by molar-refractivity contribution is -0.134. The minimum absolute atomic E-state index is 0.135. The van der Waals surface area contributed by atoms with E-state index < -0.39 is 11.9 Å². The molecule has 182 valence electrons. The molecule has 0 aliphatic rings. The van der Waals surface area contributed by atoms with Crippen LogP contribution in [0.3, 0.4) is 0 Å². The van der Waals surface area contributed by atoms with Crippen LogP contribution in [0, 0.1) is 11.8 Å². The van der Waals surface area contributed by atoms with Crippen molar-refractivity contribution in [2.45, 2.75) is 33.1 Å². The number of aromatic carboxylic acids is 1. The Kier molecular flexibility index (Phi) is 9.18. The molecule has 0 unspecified atom stereocenters. The van der Waals surface area contributed by atoms with Gasteiger partial charge in [0.25, 0.3) is 5.97 Å². The number of benzene rings is 2. The Bertz CT molecular complexity index is 1270. The summed E-state index contributed by atoms with van der Waals surface area (Å²) in [4.78, 5) is 28.3. The highest BCUT2D eigenvalue weighted by molar-refractivity contribution is 5.88. The van der Waals surface area contributed by atoms with Crippen LogP contribution in [0.15, 0.2) is 42.5 Å². The highest BCUT2D eigenvalue weighted by Gasteiger charge is 2.13. The van der Waals surface area contributed by atoms with Gasteiger partial charge in [-0.1, -0.05) is 37.0 Å². The second-order valence-corrected chi connectivity index (χ2v) is 7.49. The molecule has 0 fully saturated rings. The van der Waals surface area contributed by atoms with E-state index in [1.54, 1.807) is 31.4 Å². The largest absolute Gasteiger partial charge is 0.496 e. The number of rotatable bonds is 5. The number of carboxylic acid groups (broad SMARTS) is 2. The Morgan fingerprint density at radius 2 is 1.66 bits per heavy atom. The summed E-state index contributed by atoms with van der Waals surface area (Å²) in [6.07, 6.45) is 0.639. The van der Waals surface area contributed by atoms with Crippen LogP contribution in [0.25, 0.3) is 11.1 Å². The highest BCUT2D eigenvalue weighted by atomic mass is 16.5. The lowest BCUT2D eigenvalue weighted by atomic mass is 9.94. The molecule has 1 atom stereocenters. The third-order valence-electron chi connectivity index (χ3n) is 4.94. The number of nitrogens with zero attached hydrogens (tertiary/aromatic N) is 2. The maximum absolute atomic E-state index is 11.1. The summed E-state index contributed by atoms with van der Waals surface area (Å²) in [5.41, 5.74) is 16.0. The fourth-order valence-corrected chi connectivity index (χ4v) is 3.25. The van der Waals surface area contributed by atoms with Gasteiger partial charge in [0.2, 0.25) is 5.95 Å². The normalized spacial score (nSPS) is 10.7. The SMILES string of the molecule is CC(=O)O.CCc1nc(N)nc(N)c1C#C[C@@H](C)c1cc(-c2ccc(C(=O)O)cc2)ccc1OC. The summed E-state index contributed by atoms with van der Waals surface area (Å²) < 4.78 is 5.53. The van der Waals surface area contributed by atoms with Gasteiger partial charge in [0.1, 0.15) is 11.6 Å². The van der Waals surface area contributed by atoms with Crippen molar-refractivity contribution < 1.29 is 24.5 Å². The van der Waals surface area contributed by atoms with E-state index in [2.05, 4.69) is 21.8 Å². The average Bonchev–Trinajstić information content (AvgIpc) is 2.82. The summed E-state index contributed by atoms with van der Waals surface area (Å²) in [5, 5.41) is 16.5. The molecule has 0 aliphatic heterocycles. The van der Waals surface area contributed by atoms with Crippen molar-refractivity contribution in [3.8, 4) is 28.7 Å². The van der Waals surface area contributed by atoms with Crippen LogP contribution >= 0.6 is 0 Å². The number of carbonyl (C=O) groups is 2. The van der Waals surface area contributed by atoms with Gasteiger partial charge < -0.3 is 26.4 Å². The predicted molar refractivity (Wildman–Crippen MR) is 134 cm³/mol. The number of methoxy groups -OCH3 is 1. The molecule has 3 rings (SSSR count). The van der Waals surface area contributed by atoms with Crippen molar-refractivity contribution in [3.05, 3.63) is 64.8 Å². The lowest BCUT2D eigenvalue weighted by Gasteiger charge is -2.14. The van der Waals surface area contributed by atoms with Gasteiger partial charge in [-0.15, -0.1) is 0 Å². The van der Waals surface area contributed by atoms with E-state index in [9.17, 15) is 4.79 Å². The molecule has 6 N–H and O–H groups in total. The molecular formula is C26H28N4O5. The van der Waals surface area contributed by atoms with Gasteiger partial charge in [0.05, 0.1) is 23.9 Å². The minimum Gasteiger partial charge on any atom is -0.496 e. The second-order valence-electron chi connectivity index (χ2n) is 7.49. The van der Waals surface area contributed by atoms with Gasteiger partial charge in [-0.3, -0.25) is 4.79 Å². The van der Waals surface area contributed by atoms with Gasteiger partial charge in [-0.05, 0) is 48.7 Å². The van der Waals surface area contributed by atoms with Crippen molar-refractivity contribution in [2.24, 2.45) is 0 Å². The van der Waals surface area contributed by atoms with E-state index in [1.807, 2.05) is 32.0 Å². The van der Waals surface area contributed by atoms with Crippen LogP contribution in [-0.4, -0.2) is 39.2 Å². The third-order valence-corrected chi connectivity index (χ3v) is 4.94. The molecule has 1 aromatic heterocycles. The fraction of sp³-hybridized carbons (Fsp3) is 0.231. The topological polar surface area (TPSA) is 162 Å². The summed E-state index contributed by atoms with van der Waals surface area (Å²) in [5.74, 6) is 5.49. The van der Waals surface area contributed by atoms with Crippen LogP contribution in [0.4, 0.5) is 11.8 Å². The zero-order valence-electron chi connectivity index (χ0n) is 20.0. The molecule has 0 bridgehead atoms. The number of aromatic nitrogens is 2. The number of anilines is 2. The molecule has 0 radical (unpaired) electrons. The van der Waals surface area contributed by atoms with E-state index in [4.69, 9.17) is 31.2 Å². The molecule has 0 saturated heterocycles. The smallest absolute Gasteiger partial charge is 0.335 e. The van der Waals surface area contributed by atoms with Crippen molar-refractivity contribution in [1.29, 1.82) is 0 Å². The Balaban J connectivity index is 0.00000100. The second kappa shape index (κ2) is 12.0. The summed E-state index contributed by atoms with van der Waals surface area (Å²) in [6.45, 7) is 5.01. The van der Waals surface area contributed by atoms with E-state index in [-0.39, 0.29) is 23.2 Å². The standard InChI is InChI=1S/C24H24N4O3.C2H4O2/c1-4-20-18(22(25)28-24(26)27-20)11-5-14(2)19-13-17(10-12-21(19)31-3)15-6-8-16(9-7-15)23(29)30;1-2(3)4/h6-10,12-14H,4H2,1-3H3,(H,29,30)(H4,25,26,27,28);1H3,(H,3,4)/t14-;/m1./s1. The summed E-state index contributed by atoms with van der Waals surface area (Å²) in [6, 6.07) is 12.5. The van der Waals surface area contributed by atoms with E-state index in [0.29, 0.717) is 23.4 Å². The van der Waals surface area contributed by atoms with Gasteiger partial charge in [-0.25, -0.2) is 9.78 Å². The van der Waals surface area contributed by atoms with Crippen LogP contribution in [0.1, 0.15) is 53.9 Å². The number of nitrogens with two attached hydrogens (primary N) is 2. The van der Waals surface area contributed by atoms with Crippen LogP contribution in [0.2, 0.25) is 0 Å². The van der Waals surface area contributed by atoms with Crippen LogP contribution in [-0.2, 0) is 11.2 Å². The van der Waals surface area contributed by atoms with Gasteiger partial charge in [0.15, 0.2) is 0 Å². The Hall–Kier alpha value is -4.58. The minimum atomic E-state index is -0.955. The van der Waals surface area contributed by atoms with Crippen LogP contribution < -0.4 is 16.2 Å². The Morgan fingerprint density at radius 1 is 1.06 bits per heavy atom. The number of aryl methyl sites for hydroxylation is 1. The Labute approximate surface area is 203 Å². The monoisotopic (exact) mass is 476 g/mol. The molecule has 2 aromatic carbocycles. The van der Waals surface area contributed by atoms with Crippen molar-refractivity contribution in [1.82, 2.24) is 9.97 Å². The summed E-state index contributed by atoms with van der Waals surface area (Å²) >= 11 is 0. The lowest BCUT2D eigenvalue weighted by Crippen LogP contribution is -2.07. The molecule has 0 saturated carbocycles. The van der Waals surface area contributed by atoms with Crippen molar-refractivity contribution >= 4 is 23.7 Å². The van der Waals surface area contributed by atoms with Crippen molar-refractivity contribution in [3.63, 3.8) is 0 Å². The fourth-order valence-electron chi connectivity index (χ4n) is 3.25. The van der Waals surface area contributed by atoms with E-state index in [0.717, 1.165) is 23.6 Å². The molecule has 3 aromatic rings. The molecule has 0 amide bonds. The molecule has 1 heterocycles. The van der Waals surface area contributed by atoms with Gasteiger partial charge in [0, 0.05) is 18.4 Å². The first-order chi connectivity index (χ1) is 16.6. The van der Waals surface area contributed by atoms with Crippen LogP contribution in [0.5, 0.6) is 5.75 Å². The molecule has 0 aliphatic carbocycles. The number of hydrogen-bond acceptors (Lipinski definition) is 7. The molecular weight excluding hydrogens is 448 g/mol. The van der Waals surface area contributed by atoms with E-state index >= 15 is 0 Å². The number of ether oxygens (including phenoxy) is 1. The first-order valence-corrected chi connectivity index (χ1v) is 10.7. The highest BCUT2D eigenvalue weighted by Crippen LogP contribution is 2.32. The van der Waals surface area contributed by atoms with Crippen molar-refractivity contribution in [2.75, 3.05) is 18.6 Å². The Morgan fingerprint density at radius 3 is 2.20 bits per heavy atom. The third kappa shape index (κ3) is 7.20. The van der Waals surface area contributed by atoms with Gasteiger partial charge in [-0.2, -0.15) is 4.98 Å². The predicted octanol–water partition coefficient (Wildman–Crippen LogP) is 3.82. The first kappa shape index (κ1) is 26.7.